The first-order chi connectivity index (χ1) is 11.1. The fourth-order valence-electron chi connectivity index (χ4n) is 3.18. The molecule has 0 spiro atoms. The highest BCUT2D eigenvalue weighted by Gasteiger charge is 2.25. The van der Waals surface area contributed by atoms with E-state index in [1.54, 1.807) is 12.3 Å². The average Bonchev–Trinajstić information content (AvgIpc) is 2.57. The number of likely N-dealkylation sites (tertiary alicyclic amines) is 1. The van der Waals surface area contributed by atoms with Gasteiger partial charge in [0.2, 0.25) is 0 Å². The first-order valence-electron chi connectivity index (χ1n) is 7.75. The summed E-state index contributed by atoms with van der Waals surface area (Å²) in [5.74, 6) is -0.291. The van der Waals surface area contributed by atoms with Gasteiger partial charge in [-0.1, -0.05) is 18.6 Å². The molecule has 23 heavy (non-hydrogen) atoms. The Kier molecular flexibility index (Phi) is 4.52. The van der Waals surface area contributed by atoms with E-state index in [1.165, 1.54) is 24.1 Å². The Hall–Kier alpha value is -2.47. The Balaban J connectivity index is 1.82. The van der Waals surface area contributed by atoms with E-state index in [2.05, 4.69) is 16.0 Å². The molecular weight excluding hydrogens is 294 g/mol. The van der Waals surface area contributed by atoms with Crippen molar-refractivity contribution in [3.8, 4) is 5.75 Å². The van der Waals surface area contributed by atoms with E-state index in [1.807, 2.05) is 12.3 Å². The summed E-state index contributed by atoms with van der Waals surface area (Å²) < 4.78 is 0. The Morgan fingerprint density at radius 1 is 1.35 bits per heavy atom. The van der Waals surface area contributed by atoms with Crippen LogP contribution in [0.2, 0.25) is 0 Å². The van der Waals surface area contributed by atoms with Gasteiger partial charge in [0.05, 0.1) is 4.92 Å². The lowest BCUT2D eigenvalue weighted by molar-refractivity contribution is -0.385. The second kappa shape index (κ2) is 6.75. The van der Waals surface area contributed by atoms with Crippen molar-refractivity contribution in [3.05, 3.63) is 64.0 Å². The molecule has 1 aliphatic rings. The molecule has 1 aromatic heterocycles. The van der Waals surface area contributed by atoms with Gasteiger partial charge in [-0.3, -0.25) is 20.0 Å². The molecule has 2 aromatic rings. The van der Waals surface area contributed by atoms with Crippen molar-refractivity contribution in [3.63, 3.8) is 0 Å². The maximum absolute atomic E-state index is 11.0. The molecule has 1 fully saturated rings. The number of aromatic nitrogens is 1. The third-order valence-corrected chi connectivity index (χ3v) is 4.31. The molecule has 6 nitrogen and oxygen atoms in total. The smallest absolute Gasteiger partial charge is 0.311 e. The Labute approximate surface area is 134 Å². The second-order valence-corrected chi connectivity index (χ2v) is 5.85. The number of nitrogens with zero attached hydrogens (tertiary/aromatic N) is 3. The summed E-state index contributed by atoms with van der Waals surface area (Å²) in [5.41, 5.74) is 1.78. The number of aromatic hydroxyl groups is 1. The van der Waals surface area contributed by atoms with Gasteiger partial charge in [-0.2, -0.15) is 0 Å². The highest BCUT2D eigenvalue weighted by atomic mass is 16.6. The molecule has 0 radical (unpaired) electrons. The standard InChI is InChI=1S/C17H19N3O3/c21-17-7-6-13(10-16(17)20(22)23)12-19-9-2-1-5-15(19)14-4-3-8-18-11-14/h3-4,6-8,10-11,15,21H,1-2,5,9,12H2. The van der Waals surface area contributed by atoms with Crippen LogP contribution in [-0.4, -0.2) is 26.5 Å². The summed E-state index contributed by atoms with van der Waals surface area (Å²) in [6, 6.07) is 8.91. The largest absolute Gasteiger partial charge is 0.502 e. The quantitative estimate of drug-likeness (QED) is 0.691. The number of benzene rings is 1. The number of nitro benzene ring substituents is 1. The first-order valence-corrected chi connectivity index (χ1v) is 7.75. The van der Waals surface area contributed by atoms with Gasteiger partial charge in [-0.15, -0.1) is 0 Å². The highest BCUT2D eigenvalue weighted by Crippen LogP contribution is 2.33. The van der Waals surface area contributed by atoms with Crippen LogP contribution in [0, 0.1) is 10.1 Å². The van der Waals surface area contributed by atoms with E-state index < -0.39 is 4.92 Å². The number of phenols is 1. The van der Waals surface area contributed by atoms with Crippen LogP contribution in [-0.2, 0) is 6.54 Å². The van der Waals surface area contributed by atoms with Crippen LogP contribution >= 0.6 is 0 Å². The zero-order chi connectivity index (χ0) is 16.2. The molecule has 1 aliphatic heterocycles. The molecule has 1 N–H and O–H groups in total. The second-order valence-electron chi connectivity index (χ2n) is 5.85. The van der Waals surface area contributed by atoms with Crippen molar-refractivity contribution in [2.24, 2.45) is 0 Å². The van der Waals surface area contributed by atoms with Gasteiger partial charge >= 0.3 is 5.69 Å². The molecule has 2 heterocycles. The number of pyridine rings is 1. The van der Waals surface area contributed by atoms with Gasteiger partial charge in [0.25, 0.3) is 0 Å². The van der Waals surface area contributed by atoms with Crippen LogP contribution in [0.25, 0.3) is 0 Å². The number of rotatable bonds is 4. The molecule has 1 unspecified atom stereocenters. The van der Waals surface area contributed by atoms with Crippen LogP contribution in [0.5, 0.6) is 5.75 Å². The fourth-order valence-corrected chi connectivity index (χ4v) is 3.18. The lowest BCUT2D eigenvalue weighted by Crippen LogP contribution is -2.33. The Morgan fingerprint density at radius 3 is 2.96 bits per heavy atom. The molecule has 0 bridgehead atoms. The van der Waals surface area contributed by atoms with Crippen LogP contribution in [0.3, 0.4) is 0 Å². The molecule has 0 amide bonds. The van der Waals surface area contributed by atoms with E-state index in [-0.39, 0.29) is 17.5 Å². The van der Waals surface area contributed by atoms with E-state index in [0.717, 1.165) is 24.9 Å². The minimum Gasteiger partial charge on any atom is -0.502 e. The predicted octanol–water partition coefficient (Wildman–Crippen LogP) is 3.42. The lowest BCUT2D eigenvalue weighted by Gasteiger charge is -2.35. The summed E-state index contributed by atoms with van der Waals surface area (Å²) in [4.78, 5) is 17.0. The molecule has 6 heteroatoms. The Morgan fingerprint density at radius 2 is 2.22 bits per heavy atom. The molecule has 0 aliphatic carbocycles. The summed E-state index contributed by atoms with van der Waals surface area (Å²) in [7, 11) is 0. The number of piperidine rings is 1. The van der Waals surface area contributed by atoms with E-state index >= 15 is 0 Å². The molecule has 1 atom stereocenters. The fraction of sp³-hybridized carbons (Fsp3) is 0.353. The van der Waals surface area contributed by atoms with Crippen LogP contribution < -0.4 is 0 Å². The van der Waals surface area contributed by atoms with Gasteiger partial charge in [0, 0.05) is 31.0 Å². The first kappa shape index (κ1) is 15.4. The monoisotopic (exact) mass is 313 g/mol. The van der Waals surface area contributed by atoms with Gasteiger partial charge in [-0.25, -0.2) is 0 Å². The summed E-state index contributed by atoms with van der Waals surface area (Å²) in [5, 5.41) is 20.6. The summed E-state index contributed by atoms with van der Waals surface area (Å²) in [6.45, 7) is 1.58. The molecule has 3 rings (SSSR count). The van der Waals surface area contributed by atoms with Crippen molar-refractivity contribution < 1.29 is 10.0 Å². The normalized spacial score (nSPS) is 18.7. The van der Waals surface area contributed by atoms with Crippen LogP contribution in [0.15, 0.2) is 42.7 Å². The molecule has 1 aromatic carbocycles. The minimum absolute atomic E-state index is 0.238. The van der Waals surface area contributed by atoms with E-state index in [0.29, 0.717) is 6.54 Å². The van der Waals surface area contributed by atoms with Gasteiger partial charge in [0.1, 0.15) is 0 Å². The minimum atomic E-state index is -0.548. The van der Waals surface area contributed by atoms with Crippen molar-refractivity contribution in [2.75, 3.05) is 6.54 Å². The topological polar surface area (TPSA) is 79.5 Å². The van der Waals surface area contributed by atoms with Crippen molar-refractivity contribution in [1.29, 1.82) is 0 Å². The molecule has 0 saturated carbocycles. The zero-order valence-corrected chi connectivity index (χ0v) is 12.8. The van der Waals surface area contributed by atoms with Crippen LogP contribution in [0.4, 0.5) is 5.69 Å². The lowest BCUT2D eigenvalue weighted by atomic mass is 9.95. The van der Waals surface area contributed by atoms with Crippen molar-refractivity contribution >= 4 is 5.69 Å². The number of hydrogen-bond donors (Lipinski definition) is 1. The maximum atomic E-state index is 11.0. The van der Waals surface area contributed by atoms with Gasteiger partial charge in [-0.05, 0) is 42.6 Å². The van der Waals surface area contributed by atoms with Crippen molar-refractivity contribution in [2.45, 2.75) is 31.8 Å². The number of phenolic OH excluding ortho intramolecular Hbond substituents is 1. The van der Waals surface area contributed by atoms with Gasteiger partial charge < -0.3 is 5.11 Å². The van der Waals surface area contributed by atoms with E-state index in [4.69, 9.17) is 0 Å². The van der Waals surface area contributed by atoms with E-state index in [9.17, 15) is 15.2 Å². The SMILES string of the molecule is O=[N+]([O-])c1cc(CN2CCCCC2c2cccnc2)ccc1O. The molecule has 1 saturated heterocycles. The van der Waals surface area contributed by atoms with Crippen LogP contribution in [0.1, 0.15) is 36.4 Å². The number of nitro groups is 1. The molecule has 120 valence electrons. The summed E-state index contributed by atoms with van der Waals surface area (Å²) >= 11 is 0. The third-order valence-electron chi connectivity index (χ3n) is 4.31. The summed E-state index contributed by atoms with van der Waals surface area (Å²) in [6.07, 6.45) is 7.01. The zero-order valence-electron chi connectivity index (χ0n) is 12.8. The van der Waals surface area contributed by atoms with Gasteiger partial charge in [0.15, 0.2) is 5.75 Å². The maximum Gasteiger partial charge on any atom is 0.311 e. The number of hydrogen-bond acceptors (Lipinski definition) is 5. The highest BCUT2D eigenvalue weighted by molar-refractivity contribution is 5.47. The third kappa shape index (κ3) is 3.48. The average molecular weight is 313 g/mol. The molecular formula is C17H19N3O3. The predicted molar refractivity (Wildman–Crippen MR) is 86.0 cm³/mol. The van der Waals surface area contributed by atoms with Crippen molar-refractivity contribution in [1.82, 2.24) is 9.88 Å². The Bertz CT molecular complexity index is 691.